The van der Waals surface area contributed by atoms with Gasteiger partial charge < -0.3 is 5.11 Å². The van der Waals surface area contributed by atoms with Gasteiger partial charge in [-0.2, -0.15) is 16.9 Å². The van der Waals surface area contributed by atoms with Crippen LogP contribution >= 0.6 is 27.7 Å². The normalized spacial score (nSPS) is 13.1. The Labute approximate surface area is 97.0 Å². The van der Waals surface area contributed by atoms with E-state index in [2.05, 4.69) is 28.0 Å². The molecule has 1 aromatic heterocycles. The van der Waals surface area contributed by atoms with Gasteiger partial charge >= 0.3 is 0 Å². The molecule has 0 amide bonds. The molecule has 14 heavy (non-hydrogen) atoms. The Bertz CT molecular complexity index is 290. The Hall–Kier alpha value is -0.0000000000000000555. The van der Waals surface area contributed by atoms with Crippen molar-refractivity contribution in [1.82, 2.24) is 9.78 Å². The lowest BCUT2D eigenvalue weighted by Gasteiger charge is -2.12. The van der Waals surface area contributed by atoms with Crippen LogP contribution in [0.1, 0.15) is 25.1 Å². The monoisotopic (exact) mass is 278 g/mol. The van der Waals surface area contributed by atoms with Crippen LogP contribution in [0.25, 0.3) is 0 Å². The first-order valence-electron chi connectivity index (χ1n) is 4.58. The number of hydrogen-bond donors (Lipinski definition) is 1. The molecule has 0 fully saturated rings. The third-order valence-corrected chi connectivity index (χ3v) is 3.17. The van der Waals surface area contributed by atoms with Crippen molar-refractivity contribution in [2.75, 3.05) is 12.0 Å². The molecule has 1 rings (SSSR count). The maximum atomic E-state index is 9.89. The van der Waals surface area contributed by atoms with Crippen LogP contribution in [0.5, 0.6) is 0 Å². The highest BCUT2D eigenvalue weighted by Crippen LogP contribution is 2.25. The molecule has 80 valence electrons. The molecule has 3 nitrogen and oxygen atoms in total. The number of aryl methyl sites for hydroxylation is 1. The van der Waals surface area contributed by atoms with Crippen LogP contribution in [-0.4, -0.2) is 26.9 Å². The molecule has 1 aromatic rings. The molecule has 0 saturated carbocycles. The van der Waals surface area contributed by atoms with Gasteiger partial charge in [-0.3, -0.25) is 4.68 Å². The van der Waals surface area contributed by atoms with E-state index in [1.165, 1.54) is 0 Å². The van der Waals surface area contributed by atoms with Crippen LogP contribution in [-0.2, 0) is 6.54 Å². The Morgan fingerprint density at radius 1 is 1.71 bits per heavy atom. The summed E-state index contributed by atoms with van der Waals surface area (Å²) in [6, 6.07) is 0. The summed E-state index contributed by atoms with van der Waals surface area (Å²) in [5.74, 6) is 0.702. The summed E-state index contributed by atoms with van der Waals surface area (Å²) >= 11 is 5.04. The zero-order valence-electron chi connectivity index (χ0n) is 8.40. The zero-order chi connectivity index (χ0) is 10.6. The zero-order valence-corrected chi connectivity index (χ0v) is 10.8. The predicted octanol–water partition coefficient (Wildman–Crippen LogP) is 2.45. The Kier molecular flexibility index (Phi) is 4.98. The van der Waals surface area contributed by atoms with Crippen molar-refractivity contribution in [3.05, 3.63) is 16.4 Å². The van der Waals surface area contributed by atoms with E-state index in [1.54, 1.807) is 18.0 Å². The Morgan fingerprint density at radius 3 is 3.00 bits per heavy atom. The first-order valence-corrected chi connectivity index (χ1v) is 6.77. The fraction of sp³-hybridized carbons (Fsp3) is 0.667. The van der Waals surface area contributed by atoms with Crippen molar-refractivity contribution in [2.24, 2.45) is 0 Å². The molecule has 1 N–H and O–H groups in total. The lowest BCUT2D eigenvalue weighted by Crippen LogP contribution is -2.11. The van der Waals surface area contributed by atoms with Crippen LogP contribution in [0, 0.1) is 0 Å². The minimum Gasteiger partial charge on any atom is -0.386 e. The lowest BCUT2D eigenvalue weighted by molar-refractivity contribution is 0.191. The average Bonchev–Trinajstić information content (AvgIpc) is 2.48. The van der Waals surface area contributed by atoms with Gasteiger partial charge in [0, 0.05) is 12.3 Å². The van der Waals surface area contributed by atoms with Crippen LogP contribution in [0.3, 0.4) is 0 Å². The van der Waals surface area contributed by atoms with Crippen LogP contribution < -0.4 is 0 Å². The SMILES string of the molecule is CCCn1ncc(Br)c1C(O)CSC. The molecule has 1 unspecified atom stereocenters. The highest BCUT2D eigenvalue weighted by Gasteiger charge is 2.16. The number of halogens is 1. The van der Waals surface area contributed by atoms with Crippen molar-refractivity contribution < 1.29 is 5.11 Å². The smallest absolute Gasteiger partial charge is 0.106 e. The molecular weight excluding hydrogens is 264 g/mol. The molecular formula is C9H15BrN2OS. The van der Waals surface area contributed by atoms with Gasteiger partial charge in [-0.25, -0.2) is 0 Å². The number of aliphatic hydroxyl groups excluding tert-OH is 1. The van der Waals surface area contributed by atoms with E-state index in [9.17, 15) is 5.11 Å². The summed E-state index contributed by atoms with van der Waals surface area (Å²) in [7, 11) is 0. The van der Waals surface area contributed by atoms with E-state index in [0.29, 0.717) is 5.75 Å². The van der Waals surface area contributed by atoms with Gasteiger partial charge in [-0.1, -0.05) is 6.92 Å². The Balaban J connectivity index is 2.86. The van der Waals surface area contributed by atoms with Crippen molar-refractivity contribution in [1.29, 1.82) is 0 Å². The van der Waals surface area contributed by atoms with Crippen LogP contribution in [0.15, 0.2) is 10.7 Å². The average molecular weight is 279 g/mol. The lowest BCUT2D eigenvalue weighted by atomic mass is 10.3. The summed E-state index contributed by atoms with van der Waals surface area (Å²) in [6.45, 7) is 2.95. The van der Waals surface area contributed by atoms with Crippen molar-refractivity contribution in [3.8, 4) is 0 Å². The predicted molar refractivity (Wildman–Crippen MR) is 63.6 cm³/mol. The fourth-order valence-electron chi connectivity index (χ4n) is 1.33. The highest BCUT2D eigenvalue weighted by atomic mass is 79.9. The molecule has 1 heterocycles. The van der Waals surface area contributed by atoms with Crippen LogP contribution in [0.4, 0.5) is 0 Å². The van der Waals surface area contributed by atoms with Gasteiger partial charge in [0.1, 0.15) is 6.10 Å². The number of aliphatic hydroxyl groups is 1. The minimum absolute atomic E-state index is 0.437. The summed E-state index contributed by atoms with van der Waals surface area (Å²) in [4.78, 5) is 0. The number of aromatic nitrogens is 2. The van der Waals surface area contributed by atoms with E-state index in [4.69, 9.17) is 0 Å². The van der Waals surface area contributed by atoms with Gasteiger partial charge in [0.25, 0.3) is 0 Å². The van der Waals surface area contributed by atoms with Gasteiger partial charge in [0.05, 0.1) is 16.4 Å². The van der Waals surface area contributed by atoms with Crippen LogP contribution in [0.2, 0.25) is 0 Å². The van der Waals surface area contributed by atoms with E-state index in [-0.39, 0.29) is 0 Å². The Morgan fingerprint density at radius 2 is 2.43 bits per heavy atom. The number of rotatable bonds is 5. The standard InChI is InChI=1S/C9H15BrN2OS/c1-3-4-12-9(7(10)5-11-12)8(13)6-14-2/h5,8,13H,3-4,6H2,1-2H3. The number of hydrogen-bond acceptors (Lipinski definition) is 3. The van der Waals surface area contributed by atoms with Gasteiger partial charge in [-0.15, -0.1) is 0 Å². The molecule has 0 aliphatic heterocycles. The molecule has 0 aliphatic rings. The molecule has 0 bridgehead atoms. The maximum absolute atomic E-state index is 9.89. The largest absolute Gasteiger partial charge is 0.386 e. The second kappa shape index (κ2) is 5.78. The van der Waals surface area contributed by atoms with Crippen molar-refractivity contribution in [2.45, 2.75) is 26.0 Å². The summed E-state index contributed by atoms with van der Waals surface area (Å²) in [6.07, 6.45) is 4.31. The molecule has 0 spiro atoms. The van der Waals surface area contributed by atoms with E-state index in [0.717, 1.165) is 23.1 Å². The highest BCUT2D eigenvalue weighted by molar-refractivity contribution is 9.10. The molecule has 0 aromatic carbocycles. The molecule has 5 heteroatoms. The van der Waals surface area contributed by atoms with E-state index in [1.807, 2.05) is 10.9 Å². The molecule has 1 atom stereocenters. The first kappa shape index (κ1) is 12.1. The van der Waals surface area contributed by atoms with Gasteiger partial charge in [0.2, 0.25) is 0 Å². The first-order chi connectivity index (χ1) is 6.70. The molecule has 0 saturated heterocycles. The fourth-order valence-corrected chi connectivity index (χ4v) is 2.36. The number of nitrogens with zero attached hydrogens (tertiary/aromatic N) is 2. The third-order valence-electron chi connectivity index (χ3n) is 1.91. The van der Waals surface area contributed by atoms with E-state index >= 15 is 0 Å². The number of thioether (sulfide) groups is 1. The summed E-state index contributed by atoms with van der Waals surface area (Å²) in [5.41, 5.74) is 0.890. The van der Waals surface area contributed by atoms with Gasteiger partial charge in [0.15, 0.2) is 0 Å². The van der Waals surface area contributed by atoms with Crippen molar-refractivity contribution >= 4 is 27.7 Å². The molecule has 0 radical (unpaired) electrons. The van der Waals surface area contributed by atoms with Gasteiger partial charge in [-0.05, 0) is 28.6 Å². The maximum Gasteiger partial charge on any atom is 0.106 e. The summed E-state index contributed by atoms with van der Waals surface area (Å²) in [5, 5.41) is 14.1. The van der Waals surface area contributed by atoms with E-state index < -0.39 is 6.10 Å². The topological polar surface area (TPSA) is 38.0 Å². The second-order valence-corrected chi connectivity index (χ2v) is 4.84. The minimum atomic E-state index is -0.437. The second-order valence-electron chi connectivity index (χ2n) is 3.07. The summed E-state index contributed by atoms with van der Waals surface area (Å²) < 4.78 is 2.76. The third kappa shape index (κ3) is 2.74. The van der Waals surface area contributed by atoms with Crippen molar-refractivity contribution in [3.63, 3.8) is 0 Å². The quantitative estimate of drug-likeness (QED) is 0.899. The molecule has 0 aliphatic carbocycles.